The van der Waals surface area contributed by atoms with Gasteiger partial charge in [0.2, 0.25) is 0 Å². The van der Waals surface area contributed by atoms with E-state index in [-0.39, 0.29) is 17.0 Å². The zero-order valence-corrected chi connectivity index (χ0v) is 9.02. The summed E-state index contributed by atoms with van der Waals surface area (Å²) in [4.78, 5) is 14.1. The van der Waals surface area contributed by atoms with Gasteiger partial charge >= 0.3 is 6.61 Å². The summed E-state index contributed by atoms with van der Waals surface area (Å²) in [6.07, 6.45) is 2.40. The van der Waals surface area contributed by atoms with Gasteiger partial charge in [-0.3, -0.25) is 9.79 Å². The van der Waals surface area contributed by atoms with Crippen molar-refractivity contribution in [3.8, 4) is 5.75 Å². The van der Waals surface area contributed by atoms with Crippen LogP contribution in [0.5, 0.6) is 5.75 Å². The minimum atomic E-state index is -3.06. The zero-order chi connectivity index (χ0) is 13.5. The Morgan fingerprint density at radius 3 is 2.72 bits per heavy atom. The van der Waals surface area contributed by atoms with Crippen LogP contribution in [0.2, 0.25) is 0 Å². The lowest BCUT2D eigenvalue weighted by Crippen LogP contribution is -2.02. The normalized spacial score (nSPS) is 12.1. The molecule has 0 aliphatic carbocycles. The molecule has 18 heavy (non-hydrogen) atoms. The van der Waals surface area contributed by atoms with Gasteiger partial charge in [0.15, 0.2) is 12.0 Å². The lowest BCUT2D eigenvalue weighted by Gasteiger charge is -2.07. The summed E-state index contributed by atoms with van der Waals surface area (Å²) in [6, 6.07) is 2.87. The highest BCUT2D eigenvalue weighted by atomic mass is 19.3. The third kappa shape index (κ3) is 3.93. The molecule has 0 atom stereocenters. The second kappa shape index (κ2) is 6.43. The number of aldehydes is 1. The van der Waals surface area contributed by atoms with E-state index in [0.29, 0.717) is 6.29 Å². The summed E-state index contributed by atoms with van der Waals surface area (Å²) >= 11 is 0. The lowest BCUT2D eigenvalue weighted by molar-refractivity contribution is -0.104. The van der Waals surface area contributed by atoms with Gasteiger partial charge in [0.05, 0.1) is 0 Å². The molecule has 0 radical (unpaired) electrons. The average molecular weight is 258 g/mol. The van der Waals surface area contributed by atoms with Crippen LogP contribution in [0.4, 0.5) is 18.9 Å². The number of halogens is 3. The minimum Gasteiger partial charge on any atom is -0.433 e. The molecule has 0 unspecified atom stereocenters. The predicted molar refractivity (Wildman–Crippen MR) is 59.5 cm³/mol. The van der Waals surface area contributed by atoms with Gasteiger partial charge in [-0.15, -0.1) is 0 Å². The molecule has 0 heterocycles. The minimum absolute atomic E-state index is 0.0160. The molecule has 96 valence electrons. The van der Waals surface area contributed by atoms with E-state index in [4.69, 9.17) is 5.73 Å². The van der Waals surface area contributed by atoms with Gasteiger partial charge in [-0.1, -0.05) is 0 Å². The number of ether oxygens (including phenoxy) is 1. The van der Waals surface area contributed by atoms with E-state index in [2.05, 4.69) is 9.73 Å². The van der Waals surface area contributed by atoms with Crippen LogP contribution in [0.25, 0.3) is 0 Å². The molecule has 0 amide bonds. The number of aliphatic imine (C=N–C) groups is 1. The Balaban J connectivity index is 3.05. The van der Waals surface area contributed by atoms with Crippen molar-refractivity contribution >= 4 is 18.2 Å². The predicted octanol–water partition coefficient (Wildman–Crippen LogP) is 2.17. The van der Waals surface area contributed by atoms with Gasteiger partial charge in [-0.25, -0.2) is 4.39 Å². The largest absolute Gasteiger partial charge is 0.433 e. The molecular weight excluding hydrogens is 249 g/mol. The summed E-state index contributed by atoms with van der Waals surface area (Å²) in [7, 11) is 0. The van der Waals surface area contributed by atoms with E-state index in [9.17, 15) is 18.0 Å². The molecule has 0 saturated heterocycles. The molecule has 0 aromatic heterocycles. The number of nitrogens with two attached hydrogens (primary N) is 1. The molecule has 7 heteroatoms. The van der Waals surface area contributed by atoms with Crippen molar-refractivity contribution in [2.45, 2.75) is 6.61 Å². The molecule has 0 saturated carbocycles. The van der Waals surface area contributed by atoms with Gasteiger partial charge in [-0.05, 0) is 12.1 Å². The molecule has 0 spiro atoms. The smallest absolute Gasteiger partial charge is 0.387 e. The molecule has 0 fully saturated rings. The van der Waals surface area contributed by atoms with Crippen molar-refractivity contribution in [1.29, 1.82) is 0 Å². The molecule has 0 aliphatic rings. The van der Waals surface area contributed by atoms with Crippen LogP contribution in [0.3, 0.4) is 0 Å². The highest BCUT2D eigenvalue weighted by Gasteiger charge is 2.09. The summed E-state index contributed by atoms with van der Waals surface area (Å²) in [5.74, 6) is -0.974. The third-order valence-electron chi connectivity index (χ3n) is 1.82. The molecular formula is C11H9F3N2O2. The van der Waals surface area contributed by atoms with Crippen LogP contribution >= 0.6 is 0 Å². The Morgan fingerprint density at radius 2 is 2.17 bits per heavy atom. The number of hydrogen-bond acceptors (Lipinski definition) is 4. The van der Waals surface area contributed by atoms with Gasteiger partial charge in [-0.2, -0.15) is 8.78 Å². The number of carbonyl (C=O) groups is 1. The van der Waals surface area contributed by atoms with Crippen LogP contribution in [0, 0.1) is 5.82 Å². The first-order chi connectivity index (χ1) is 8.56. The monoisotopic (exact) mass is 258 g/mol. The van der Waals surface area contributed by atoms with Crippen LogP contribution < -0.4 is 10.5 Å². The molecule has 1 aromatic carbocycles. The van der Waals surface area contributed by atoms with Crippen molar-refractivity contribution < 1.29 is 22.7 Å². The van der Waals surface area contributed by atoms with Crippen molar-refractivity contribution in [3.05, 3.63) is 35.8 Å². The zero-order valence-electron chi connectivity index (χ0n) is 9.02. The second-order valence-corrected chi connectivity index (χ2v) is 3.03. The van der Waals surface area contributed by atoms with Gasteiger partial charge in [0, 0.05) is 24.1 Å². The number of nitrogens with zero attached hydrogens (tertiary/aromatic N) is 1. The number of carbonyl (C=O) groups excluding carboxylic acids is 1. The molecule has 0 aliphatic heterocycles. The van der Waals surface area contributed by atoms with E-state index < -0.39 is 12.4 Å². The summed E-state index contributed by atoms with van der Waals surface area (Å²) in [5, 5.41) is 0. The SMILES string of the molecule is N/C=C(/C=O)C=Nc1cc(F)ccc1OC(F)F. The molecule has 1 aromatic rings. The summed E-state index contributed by atoms with van der Waals surface area (Å²) in [6.45, 7) is -3.06. The van der Waals surface area contributed by atoms with Gasteiger partial charge < -0.3 is 10.5 Å². The van der Waals surface area contributed by atoms with Gasteiger partial charge in [0.1, 0.15) is 11.5 Å². The Labute approximate surface area is 101 Å². The third-order valence-corrected chi connectivity index (χ3v) is 1.82. The maximum atomic E-state index is 12.9. The standard InChI is InChI=1S/C11H9F3N2O2/c12-8-1-2-10(18-11(13)14)9(3-8)16-5-7(4-15)6-17/h1-6,11H,15H2/b7-4+,16-5?. The fourth-order valence-electron chi connectivity index (χ4n) is 1.04. The Kier molecular flexibility index (Phi) is 4.91. The summed E-state index contributed by atoms with van der Waals surface area (Å²) < 4.78 is 41.2. The van der Waals surface area contributed by atoms with Crippen molar-refractivity contribution in [1.82, 2.24) is 0 Å². The van der Waals surface area contributed by atoms with Crippen LogP contribution in [-0.4, -0.2) is 19.1 Å². The fourth-order valence-corrected chi connectivity index (χ4v) is 1.04. The Hall–Kier alpha value is -2.31. The van der Waals surface area contributed by atoms with E-state index in [1.165, 1.54) is 0 Å². The van der Waals surface area contributed by atoms with Crippen LogP contribution in [0.1, 0.15) is 0 Å². The number of benzene rings is 1. The molecule has 1 rings (SSSR count). The van der Waals surface area contributed by atoms with Gasteiger partial charge in [0.25, 0.3) is 0 Å². The number of hydrogen-bond donors (Lipinski definition) is 1. The Bertz CT molecular complexity index is 487. The molecule has 0 bridgehead atoms. The second-order valence-electron chi connectivity index (χ2n) is 3.03. The molecule has 2 N–H and O–H groups in total. The Morgan fingerprint density at radius 1 is 1.44 bits per heavy atom. The highest BCUT2D eigenvalue weighted by molar-refractivity contribution is 6.02. The molecule has 4 nitrogen and oxygen atoms in total. The topological polar surface area (TPSA) is 64.7 Å². The first-order valence-electron chi connectivity index (χ1n) is 4.72. The fraction of sp³-hybridized carbons (Fsp3) is 0.0909. The van der Waals surface area contributed by atoms with E-state index in [1.54, 1.807) is 0 Å². The maximum absolute atomic E-state index is 12.9. The number of alkyl halides is 2. The summed E-state index contributed by atoms with van der Waals surface area (Å²) in [5.41, 5.74) is 4.93. The van der Waals surface area contributed by atoms with E-state index in [1.807, 2.05) is 0 Å². The number of allylic oxidation sites excluding steroid dienone is 1. The number of rotatable bonds is 5. The average Bonchev–Trinajstić information content (AvgIpc) is 2.33. The van der Waals surface area contributed by atoms with Crippen LogP contribution in [-0.2, 0) is 4.79 Å². The van der Waals surface area contributed by atoms with E-state index >= 15 is 0 Å². The highest BCUT2D eigenvalue weighted by Crippen LogP contribution is 2.29. The first kappa shape index (κ1) is 13.8. The van der Waals surface area contributed by atoms with E-state index in [0.717, 1.165) is 30.6 Å². The first-order valence-corrected chi connectivity index (χ1v) is 4.72. The van der Waals surface area contributed by atoms with Crippen molar-refractivity contribution in [3.63, 3.8) is 0 Å². The quantitative estimate of drug-likeness (QED) is 0.500. The maximum Gasteiger partial charge on any atom is 0.387 e. The van der Waals surface area contributed by atoms with Crippen molar-refractivity contribution in [2.24, 2.45) is 10.7 Å². The van der Waals surface area contributed by atoms with Crippen LogP contribution in [0.15, 0.2) is 35.0 Å². The lowest BCUT2D eigenvalue weighted by atomic mass is 10.3. The van der Waals surface area contributed by atoms with Crippen molar-refractivity contribution in [2.75, 3.05) is 0 Å².